The molecule has 102 valence electrons. The van der Waals surface area contributed by atoms with Gasteiger partial charge in [-0.3, -0.25) is 0 Å². The van der Waals surface area contributed by atoms with Crippen molar-refractivity contribution >= 4 is 21.4 Å². The van der Waals surface area contributed by atoms with E-state index in [-0.39, 0.29) is 6.61 Å². The molecule has 2 rings (SSSR count). The third-order valence-corrected chi connectivity index (χ3v) is 6.65. The van der Waals surface area contributed by atoms with E-state index in [2.05, 4.69) is 0 Å². The molecule has 0 spiro atoms. The van der Waals surface area contributed by atoms with Gasteiger partial charge < -0.3 is 5.11 Å². The number of hydrogen-bond acceptors (Lipinski definition) is 4. The molecule has 6 heteroatoms. The van der Waals surface area contributed by atoms with E-state index in [4.69, 9.17) is 5.11 Å². The maximum atomic E-state index is 12.4. The van der Waals surface area contributed by atoms with Crippen molar-refractivity contribution < 1.29 is 13.5 Å². The van der Waals surface area contributed by atoms with E-state index in [1.807, 2.05) is 6.92 Å². The van der Waals surface area contributed by atoms with Gasteiger partial charge in [0.15, 0.2) is 0 Å². The zero-order valence-electron chi connectivity index (χ0n) is 10.5. The third-order valence-electron chi connectivity index (χ3n) is 3.10. The SMILES string of the molecule is CCN(CC1CC1)S(=O)(=O)c1ccc(CCO)s1. The first-order valence-electron chi connectivity index (χ1n) is 6.27. The second kappa shape index (κ2) is 5.69. The van der Waals surface area contributed by atoms with Gasteiger partial charge in [-0.25, -0.2) is 8.42 Å². The number of thiophene rings is 1. The van der Waals surface area contributed by atoms with Crippen LogP contribution in [0.1, 0.15) is 24.6 Å². The monoisotopic (exact) mass is 289 g/mol. The molecule has 0 aromatic carbocycles. The number of rotatable bonds is 7. The molecule has 0 bridgehead atoms. The summed E-state index contributed by atoms with van der Waals surface area (Å²) >= 11 is 1.27. The van der Waals surface area contributed by atoms with Crippen LogP contribution in [-0.2, 0) is 16.4 Å². The summed E-state index contributed by atoms with van der Waals surface area (Å²) in [5.74, 6) is 0.552. The van der Waals surface area contributed by atoms with Gasteiger partial charge in [0.1, 0.15) is 4.21 Å². The van der Waals surface area contributed by atoms with Crippen LogP contribution in [0.15, 0.2) is 16.3 Å². The summed E-state index contributed by atoms with van der Waals surface area (Å²) in [6, 6.07) is 3.44. The maximum Gasteiger partial charge on any atom is 0.252 e. The van der Waals surface area contributed by atoms with E-state index in [1.165, 1.54) is 11.3 Å². The summed E-state index contributed by atoms with van der Waals surface area (Å²) in [5.41, 5.74) is 0. The van der Waals surface area contributed by atoms with E-state index in [0.717, 1.165) is 17.7 Å². The Hall–Kier alpha value is -0.430. The van der Waals surface area contributed by atoms with Crippen molar-refractivity contribution in [2.45, 2.75) is 30.4 Å². The van der Waals surface area contributed by atoms with Gasteiger partial charge in [-0.15, -0.1) is 11.3 Å². The zero-order valence-corrected chi connectivity index (χ0v) is 12.1. The third kappa shape index (κ3) is 3.12. The van der Waals surface area contributed by atoms with Crippen LogP contribution in [0.25, 0.3) is 0 Å². The Morgan fingerprint density at radius 2 is 2.17 bits per heavy atom. The molecule has 0 amide bonds. The lowest BCUT2D eigenvalue weighted by atomic mass is 10.4. The second-order valence-electron chi connectivity index (χ2n) is 4.59. The van der Waals surface area contributed by atoms with E-state index in [1.54, 1.807) is 16.4 Å². The average molecular weight is 289 g/mol. The summed E-state index contributed by atoms with van der Waals surface area (Å²) < 4.78 is 26.8. The first-order chi connectivity index (χ1) is 8.57. The van der Waals surface area contributed by atoms with E-state index in [9.17, 15) is 8.42 Å². The molecule has 1 saturated carbocycles. The Kier molecular flexibility index (Phi) is 4.42. The van der Waals surface area contributed by atoms with Crippen molar-refractivity contribution in [1.82, 2.24) is 4.31 Å². The lowest BCUT2D eigenvalue weighted by Gasteiger charge is -2.19. The van der Waals surface area contributed by atoms with E-state index >= 15 is 0 Å². The largest absolute Gasteiger partial charge is 0.396 e. The second-order valence-corrected chi connectivity index (χ2v) is 7.93. The highest BCUT2D eigenvalue weighted by Crippen LogP contribution is 2.32. The molecule has 0 radical (unpaired) electrons. The van der Waals surface area contributed by atoms with Crippen molar-refractivity contribution in [3.05, 3.63) is 17.0 Å². The van der Waals surface area contributed by atoms with Gasteiger partial charge in [-0.05, 0) is 30.9 Å². The van der Waals surface area contributed by atoms with E-state index in [0.29, 0.717) is 29.6 Å². The van der Waals surface area contributed by atoms with Gasteiger partial charge in [0, 0.05) is 31.0 Å². The van der Waals surface area contributed by atoms with Crippen LogP contribution in [0, 0.1) is 5.92 Å². The lowest BCUT2D eigenvalue weighted by Crippen LogP contribution is -2.32. The normalized spacial score (nSPS) is 16.4. The predicted octanol–water partition coefficient (Wildman–Crippen LogP) is 1.70. The molecule has 1 N–H and O–H groups in total. The summed E-state index contributed by atoms with van der Waals surface area (Å²) in [4.78, 5) is 0.915. The molecule has 0 saturated heterocycles. The molecule has 18 heavy (non-hydrogen) atoms. The number of sulfonamides is 1. The fraction of sp³-hybridized carbons (Fsp3) is 0.667. The van der Waals surface area contributed by atoms with Crippen LogP contribution in [0.5, 0.6) is 0 Å². The number of aliphatic hydroxyl groups excluding tert-OH is 1. The van der Waals surface area contributed by atoms with Gasteiger partial charge in [0.25, 0.3) is 10.0 Å². The molecule has 0 atom stereocenters. The molecule has 0 unspecified atom stereocenters. The van der Waals surface area contributed by atoms with Crippen LogP contribution < -0.4 is 0 Å². The molecule has 0 aliphatic heterocycles. The van der Waals surface area contributed by atoms with Crippen LogP contribution in [0.3, 0.4) is 0 Å². The molecule has 4 nitrogen and oxygen atoms in total. The molecular formula is C12H19NO3S2. The highest BCUT2D eigenvalue weighted by Gasteiger charge is 2.31. The van der Waals surface area contributed by atoms with E-state index < -0.39 is 10.0 Å². The molecule has 1 fully saturated rings. The molecule has 1 aliphatic carbocycles. The Morgan fingerprint density at radius 3 is 2.72 bits per heavy atom. The van der Waals surface area contributed by atoms with Gasteiger partial charge >= 0.3 is 0 Å². The van der Waals surface area contributed by atoms with Crippen LogP contribution >= 0.6 is 11.3 Å². The minimum Gasteiger partial charge on any atom is -0.396 e. The minimum absolute atomic E-state index is 0.0551. The fourth-order valence-electron chi connectivity index (χ4n) is 1.85. The number of hydrogen-bond donors (Lipinski definition) is 1. The summed E-state index contributed by atoms with van der Waals surface area (Å²) in [6.45, 7) is 3.10. The van der Waals surface area contributed by atoms with Crippen LogP contribution in [-0.4, -0.2) is 37.5 Å². The average Bonchev–Trinajstić information content (AvgIpc) is 3.03. The molecule has 1 heterocycles. The van der Waals surface area contributed by atoms with Gasteiger partial charge in [-0.1, -0.05) is 6.92 Å². The van der Waals surface area contributed by atoms with Gasteiger partial charge in [0.05, 0.1) is 0 Å². The summed E-state index contributed by atoms with van der Waals surface area (Å²) in [5, 5.41) is 8.86. The van der Waals surface area contributed by atoms with Crippen molar-refractivity contribution in [3.8, 4) is 0 Å². The fourth-order valence-corrected chi connectivity index (χ4v) is 4.88. The first-order valence-corrected chi connectivity index (χ1v) is 8.53. The van der Waals surface area contributed by atoms with Gasteiger partial charge in [0.2, 0.25) is 0 Å². The number of nitrogens with zero attached hydrogens (tertiary/aromatic N) is 1. The highest BCUT2D eigenvalue weighted by atomic mass is 32.2. The predicted molar refractivity (Wildman–Crippen MR) is 72.3 cm³/mol. The standard InChI is InChI=1S/C12H19NO3S2/c1-2-13(9-10-3-4-10)18(15,16)12-6-5-11(17-12)7-8-14/h5-6,10,14H,2-4,7-9H2,1H3. The first kappa shape index (κ1) is 14.0. The zero-order chi connectivity index (χ0) is 13.2. The smallest absolute Gasteiger partial charge is 0.252 e. The van der Waals surface area contributed by atoms with Crippen molar-refractivity contribution in [2.75, 3.05) is 19.7 Å². The van der Waals surface area contributed by atoms with Crippen molar-refractivity contribution in [1.29, 1.82) is 0 Å². The molecular weight excluding hydrogens is 270 g/mol. The summed E-state index contributed by atoms with van der Waals surface area (Å²) in [7, 11) is -3.33. The van der Waals surface area contributed by atoms with Crippen molar-refractivity contribution in [3.63, 3.8) is 0 Å². The van der Waals surface area contributed by atoms with Crippen LogP contribution in [0.2, 0.25) is 0 Å². The molecule has 1 aliphatic rings. The number of aliphatic hydroxyl groups is 1. The van der Waals surface area contributed by atoms with Crippen molar-refractivity contribution in [2.24, 2.45) is 5.92 Å². The summed E-state index contributed by atoms with van der Waals surface area (Å²) in [6.07, 6.45) is 2.81. The maximum absolute atomic E-state index is 12.4. The minimum atomic E-state index is -3.33. The Morgan fingerprint density at radius 1 is 1.44 bits per heavy atom. The quantitative estimate of drug-likeness (QED) is 0.831. The Balaban J connectivity index is 2.15. The lowest BCUT2D eigenvalue weighted by molar-refractivity contribution is 0.300. The molecule has 1 aromatic rings. The Bertz CT molecular complexity index is 491. The van der Waals surface area contributed by atoms with Gasteiger partial charge in [-0.2, -0.15) is 4.31 Å². The topological polar surface area (TPSA) is 57.6 Å². The molecule has 1 aromatic heterocycles. The van der Waals surface area contributed by atoms with Crippen LogP contribution in [0.4, 0.5) is 0 Å². The Labute approximate surface area is 112 Å². The highest BCUT2D eigenvalue weighted by molar-refractivity contribution is 7.91.